The summed E-state index contributed by atoms with van der Waals surface area (Å²) in [6.07, 6.45) is 0. The average molecular weight is 482 g/mol. The van der Waals surface area contributed by atoms with Crippen molar-refractivity contribution in [2.75, 3.05) is 11.5 Å². The number of benzene rings is 3. The number of phenols is 1. The highest BCUT2D eigenvalue weighted by Crippen LogP contribution is 2.45. The van der Waals surface area contributed by atoms with Gasteiger partial charge in [0.2, 0.25) is 0 Å². The van der Waals surface area contributed by atoms with Gasteiger partial charge in [0.25, 0.3) is 11.7 Å². The van der Waals surface area contributed by atoms with Crippen LogP contribution in [0.2, 0.25) is 5.02 Å². The maximum absolute atomic E-state index is 13.5. The molecule has 6 nitrogen and oxygen atoms in total. The van der Waals surface area contributed by atoms with Gasteiger partial charge in [0.1, 0.15) is 11.6 Å². The second-order valence-electron chi connectivity index (χ2n) is 7.77. The molecular formula is C26H21ClFNO5. The van der Waals surface area contributed by atoms with E-state index in [0.29, 0.717) is 21.8 Å². The van der Waals surface area contributed by atoms with Gasteiger partial charge >= 0.3 is 0 Å². The molecule has 1 aliphatic heterocycles. The zero-order valence-electron chi connectivity index (χ0n) is 18.4. The van der Waals surface area contributed by atoms with E-state index in [2.05, 4.69) is 0 Å². The molecule has 2 N–H and O–H groups in total. The molecule has 3 aromatic carbocycles. The molecule has 1 heterocycles. The summed E-state index contributed by atoms with van der Waals surface area (Å²) in [5.41, 5.74) is 1.49. The van der Waals surface area contributed by atoms with Crippen molar-refractivity contribution in [2.45, 2.75) is 19.9 Å². The van der Waals surface area contributed by atoms with Crippen LogP contribution in [0.3, 0.4) is 0 Å². The van der Waals surface area contributed by atoms with Gasteiger partial charge in [-0.15, -0.1) is 0 Å². The van der Waals surface area contributed by atoms with Gasteiger partial charge in [0.15, 0.2) is 11.5 Å². The summed E-state index contributed by atoms with van der Waals surface area (Å²) in [4.78, 5) is 27.8. The predicted molar refractivity (Wildman–Crippen MR) is 127 cm³/mol. The molecule has 1 aliphatic rings. The topological polar surface area (TPSA) is 87.1 Å². The van der Waals surface area contributed by atoms with Gasteiger partial charge in [-0.05, 0) is 73.5 Å². The molecule has 1 fully saturated rings. The number of aromatic hydroxyl groups is 1. The summed E-state index contributed by atoms with van der Waals surface area (Å²) in [5, 5.41) is 21.6. The van der Waals surface area contributed by atoms with E-state index in [0.717, 1.165) is 12.1 Å². The van der Waals surface area contributed by atoms with Crippen molar-refractivity contribution in [1.29, 1.82) is 0 Å². The lowest BCUT2D eigenvalue weighted by Gasteiger charge is -2.27. The largest absolute Gasteiger partial charge is 0.507 e. The number of nitrogens with zero attached hydrogens (tertiary/aromatic N) is 1. The fraction of sp³-hybridized carbons (Fsp3) is 0.154. The van der Waals surface area contributed by atoms with E-state index in [1.165, 1.54) is 29.2 Å². The van der Waals surface area contributed by atoms with Crippen molar-refractivity contribution in [3.05, 3.63) is 93.8 Å². The predicted octanol–water partition coefficient (Wildman–Crippen LogP) is 5.52. The van der Waals surface area contributed by atoms with E-state index in [1.807, 2.05) is 0 Å². The van der Waals surface area contributed by atoms with Gasteiger partial charge < -0.3 is 14.9 Å². The molecule has 8 heteroatoms. The van der Waals surface area contributed by atoms with Crippen molar-refractivity contribution in [2.24, 2.45) is 0 Å². The highest BCUT2D eigenvalue weighted by atomic mass is 35.5. The van der Waals surface area contributed by atoms with Crippen LogP contribution in [0, 0.1) is 12.7 Å². The maximum Gasteiger partial charge on any atom is 0.300 e. The van der Waals surface area contributed by atoms with Crippen molar-refractivity contribution in [1.82, 2.24) is 0 Å². The van der Waals surface area contributed by atoms with Crippen LogP contribution < -0.4 is 9.64 Å². The number of aliphatic hydroxyl groups excluding tert-OH is 1. The number of aliphatic hydroxyl groups is 1. The second-order valence-corrected chi connectivity index (χ2v) is 8.20. The van der Waals surface area contributed by atoms with E-state index in [-0.39, 0.29) is 29.2 Å². The van der Waals surface area contributed by atoms with Gasteiger partial charge in [0.05, 0.1) is 18.2 Å². The highest BCUT2D eigenvalue weighted by Gasteiger charge is 2.47. The molecule has 1 unspecified atom stereocenters. The summed E-state index contributed by atoms with van der Waals surface area (Å²) in [6.45, 7) is 3.80. The van der Waals surface area contributed by atoms with Crippen LogP contribution in [0.5, 0.6) is 11.5 Å². The zero-order valence-corrected chi connectivity index (χ0v) is 19.1. The maximum atomic E-state index is 13.5. The third-order valence-corrected chi connectivity index (χ3v) is 5.83. The minimum absolute atomic E-state index is 0.111. The summed E-state index contributed by atoms with van der Waals surface area (Å²) in [5.74, 6) is -2.67. The Hall–Kier alpha value is -3.84. The molecule has 1 atom stereocenters. The summed E-state index contributed by atoms with van der Waals surface area (Å²) in [7, 11) is 0. The second kappa shape index (κ2) is 9.19. The number of carbonyl (C=O) groups excluding carboxylic acids is 2. The summed E-state index contributed by atoms with van der Waals surface area (Å²) in [6, 6.07) is 13.3. The molecule has 0 saturated carbocycles. The smallest absolute Gasteiger partial charge is 0.300 e. The molecule has 1 saturated heterocycles. The Kier molecular flexibility index (Phi) is 6.30. The number of ether oxygens (including phenoxy) is 1. The Morgan fingerprint density at radius 2 is 1.79 bits per heavy atom. The minimum atomic E-state index is -1.05. The first kappa shape index (κ1) is 23.3. The molecule has 0 aliphatic carbocycles. The van der Waals surface area contributed by atoms with Crippen LogP contribution in [0.25, 0.3) is 5.76 Å². The molecule has 34 heavy (non-hydrogen) atoms. The number of hydrogen-bond acceptors (Lipinski definition) is 5. The number of hydrogen-bond donors (Lipinski definition) is 2. The van der Waals surface area contributed by atoms with Crippen LogP contribution in [0.15, 0.2) is 66.2 Å². The van der Waals surface area contributed by atoms with Crippen LogP contribution >= 0.6 is 11.6 Å². The zero-order chi connectivity index (χ0) is 24.6. The molecule has 1 amide bonds. The Labute approximate surface area is 200 Å². The number of amides is 1. The molecule has 0 spiro atoms. The Bertz CT molecular complexity index is 1320. The Morgan fingerprint density at radius 3 is 2.47 bits per heavy atom. The lowest BCUT2D eigenvalue weighted by atomic mass is 9.94. The lowest BCUT2D eigenvalue weighted by Crippen LogP contribution is -2.30. The van der Waals surface area contributed by atoms with Crippen molar-refractivity contribution >= 4 is 34.7 Å². The summed E-state index contributed by atoms with van der Waals surface area (Å²) >= 11 is 6.20. The Balaban J connectivity index is 1.99. The number of anilines is 1. The Morgan fingerprint density at radius 1 is 1.09 bits per heavy atom. The van der Waals surface area contributed by atoms with Gasteiger partial charge in [-0.1, -0.05) is 23.7 Å². The molecule has 0 aromatic heterocycles. The van der Waals surface area contributed by atoms with Crippen molar-refractivity contribution in [3.63, 3.8) is 0 Å². The number of rotatable bonds is 5. The average Bonchev–Trinajstić information content (AvgIpc) is 3.07. The molecule has 0 radical (unpaired) electrons. The van der Waals surface area contributed by atoms with Crippen LogP contribution in [-0.4, -0.2) is 28.5 Å². The van der Waals surface area contributed by atoms with E-state index >= 15 is 0 Å². The van der Waals surface area contributed by atoms with E-state index in [9.17, 15) is 24.2 Å². The van der Waals surface area contributed by atoms with Crippen molar-refractivity contribution in [3.8, 4) is 11.5 Å². The minimum Gasteiger partial charge on any atom is -0.507 e. The number of halogens is 2. The van der Waals surface area contributed by atoms with Crippen molar-refractivity contribution < 1.29 is 28.9 Å². The molecule has 174 valence electrons. The third-order valence-electron chi connectivity index (χ3n) is 5.59. The van der Waals surface area contributed by atoms with Crippen LogP contribution in [0.1, 0.15) is 29.7 Å². The van der Waals surface area contributed by atoms with Gasteiger partial charge in [-0.3, -0.25) is 14.5 Å². The number of ketones is 1. The number of Topliss-reactive ketones (excluding diaryl/α,β-unsaturated/α-hetero) is 1. The summed E-state index contributed by atoms with van der Waals surface area (Å²) < 4.78 is 18.9. The van der Waals surface area contributed by atoms with Crippen LogP contribution in [0.4, 0.5) is 10.1 Å². The van der Waals surface area contributed by atoms with E-state index < -0.39 is 29.3 Å². The van der Waals surface area contributed by atoms with E-state index in [1.54, 1.807) is 38.1 Å². The number of phenolic OH excluding ortho intramolecular Hbond substituents is 1. The van der Waals surface area contributed by atoms with Gasteiger partial charge in [0, 0.05) is 16.3 Å². The highest BCUT2D eigenvalue weighted by molar-refractivity contribution is 6.52. The van der Waals surface area contributed by atoms with Gasteiger partial charge in [-0.2, -0.15) is 0 Å². The lowest BCUT2D eigenvalue weighted by molar-refractivity contribution is -0.132. The molecule has 0 bridgehead atoms. The standard InChI is InChI=1S/C26H21ClFNO5/c1-3-34-21-12-16(7-11-20(21)30)23-22(24(31)15-5-9-18(28)10-6-15)25(32)26(33)29(23)19-13-17(27)8-4-14(19)2/h4-13,23,30-31H,3H2,1-2H3/b24-22+. The third kappa shape index (κ3) is 4.10. The SMILES string of the molecule is CCOc1cc(C2/C(=C(\O)c3ccc(F)cc3)C(=O)C(=O)N2c2cc(Cl)ccc2C)ccc1O. The fourth-order valence-corrected chi connectivity index (χ4v) is 4.14. The molecule has 3 aromatic rings. The first-order valence-electron chi connectivity index (χ1n) is 10.5. The first-order chi connectivity index (χ1) is 16.2. The normalized spacial score (nSPS) is 17.3. The quantitative estimate of drug-likeness (QED) is 0.285. The molecule has 4 rings (SSSR count). The number of carbonyl (C=O) groups is 2. The number of aryl methyl sites for hydroxylation is 1. The monoisotopic (exact) mass is 481 g/mol. The first-order valence-corrected chi connectivity index (χ1v) is 10.9. The van der Waals surface area contributed by atoms with Crippen LogP contribution in [-0.2, 0) is 9.59 Å². The van der Waals surface area contributed by atoms with Gasteiger partial charge in [-0.25, -0.2) is 4.39 Å². The fourth-order valence-electron chi connectivity index (χ4n) is 3.97. The molecular weight excluding hydrogens is 461 g/mol. The van der Waals surface area contributed by atoms with E-state index in [4.69, 9.17) is 16.3 Å².